The Morgan fingerprint density at radius 1 is 1.07 bits per heavy atom. The minimum absolute atomic E-state index is 0.281. The number of esters is 1. The van der Waals surface area contributed by atoms with Crippen LogP contribution in [0.15, 0.2) is 24.3 Å². The molecule has 0 saturated heterocycles. The van der Waals surface area contributed by atoms with E-state index in [4.69, 9.17) is 9.47 Å². The highest BCUT2D eigenvalue weighted by atomic mass is 32.1. The molecule has 3 aromatic rings. The Bertz CT molecular complexity index is 1010. The standard InChI is InChI=1S/C19H19N3O4S2/c1-5-26-18(24)15-10(2)20-19(28-15)22-17(23)16-14(21-11(3)27-16)12-6-8-13(25-4)9-7-12/h6-9H,5H2,1-4H3,(H,20,22,23). The second kappa shape index (κ2) is 8.49. The van der Waals surface area contributed by atoms with Crippen LogP contribution in [0.3, 0.4) is 0 Å². The highest BCUT2D eigenvalue weighted by Gasteiger charge is 2.22. The summed E-state index contributed by atoms with van der Waals surface area (Å²) in [7, 11) is 1.60. The van der Waals surface area contributed by atoms with Gasteiger partial charge in [0.1, 0.15) is 15.5 Å². The number of carbonyl (C=O) groups excluding carboxylic acids is 2. The van der Waals surface area contributed by atoms with E-state index in [2.05, 4.69) is 15.3 Å². The van der Waals surface area contributed by atoms with Crippen LogP contribution in [0.4, 0.5) is 5.13 Å². The zero-order valence-electron chi connectivity index (χ0n) is 15.9. The number of nitrogens with zero attached hydrogens (tertiary/aromatic N) is 2. The lowest BCUT2D eigenvalue weighted by atomic mass is 10.1. The molecule has 1 amide bonds. The van der Waals surface area contributed by atoms with Crippen LogP contribution in [0, 0.1) is 13.8 Å². The van der Waals surface area contributed by atoms with Gasteiger partial charge in [-0.3, -0.25) is 10.1 Å². The Balaban J connectivity index is 1.85. The van der Waals surface area contributed by atoms with Gasteiger partial charge in [-0.25, -0.2) is 14.8 Å². The van der Waals surface area contributed by atoms with Crippen LogP contribution < -0.4 is 10.1 Å². The summed E-state index contributed by atoms with van der Waals surface area (Å²) in [6, 6.07) is 7.36. The summed E-state index contributed by atoms with van der Waals surface area (Å²) in [5.41, 5.74) is 1.94. The molecule has 1 N–H and O–H groups in total. The highest BCUT2D eigenvalue weighted by molar-refractivity contribution is 7.18. The monoisotopic (exact) mass is 417 g/mol. The van der Waals surface area contributed by atoms with Gasteiger partial charge in [0.2, 0.25) is 0 Å². The van der Waals surface area contributed by atoms with Crippen LogP contribution in [0.1, 0.15) is 37.0 Å². The molecule has 9 heteroatoms. The van der Waals surface area contributed by atoms with E-state index in [0.29, 0.717) is 26.3 Å². The molecule has 0 spiro atoms. The van der Waals surface area contributed by atoms with Gasteiger partial charge in [0.15, 0.2) is 5.13 Å². The van der Waals surface area contributed by atoms with Crippen molar-refractivity contribution < 1.29 is 19.1 Å². The number of anilines is 1. The second-order valence-electron chi connectivity index (χ2n) is 5.75. The summed E-state index contributed by atoms with van der Waals surface area (Å²) in [6.45, 7) is 5.58. The summed E-state index contributed by atoms with van der Waals surface area (Å²) >= 11 is 2.40. The first-order chi connectivity index (χ1) is 13.4. The molecule has 0 atom stereocenters. The van der Waals surface area contributed by atoms with Gasteiger partial charge < -0.3 is 9.47 Å². The number of thiazole rings is 2. The van der Waals surface area contributed by atoms with Crippen LogP contribution in [-0.2, 0) is 4.74 Å². The first-order valence-electron chi connectivity index (χ1n) is 8.50. The number of rotatable bonds is 6. The number of hydrogen-bond donors (Lipinski definition) is 1. The number of aromatic nitrogens is 2. The zero-order chi connectivity index (χ0) is 20.3. The lowest BCUT2D eigenvalue weighted by molar-refractivity contribution is 0.0531. The fourth-order valence-corrected chi connectivity index (χ4v) is 4.21. The molecule has 0 bridgehead atoms. The number of methoxy groups -OCH3 is 1. The predicted molar refractivity (Wildman–Crippen MR) is 110 cm³/mol. The average molecular weight is 418 g/mol. The third-order valence-electron chi connectivity index (χ3n) is 3.78. The first kappa shape index (κ1) is 20.0. The van der Waals surface area contributed by atoms with Crippen LogP contribution in [0.5, 0.6) is 5.75 Å². The molecule has 0 saturated carbocycles. The van der Waals surface area contributed by atoms with Gasteiger partial charge in [0, 0.05) is 5.56 Å². The minimum atomic E-state index is -0.439. The summed E-state index contributed by atoms with van der Waals surface area (Å²) in [4.78, 5) is 34.4. The van der Waals surface area contributed by atoms with Gasteiger partial charge in [0.05, 0.1) is 30.1 Å². The zero-order valence-corrected chi connectivity index (χ0v) is 17.5. The molecule has 0 aliphatic carbocycles. The Morgan fingerprint density at radius 3 is 2.43 bits per heavy atom. The molecule has 146 valence electrons. The van der Waals surface area contributed by atoms with Crippen LogP contribution in [0.2, 0.25) is 0 Å². The smallest absolute Gasteiger partial charge is 0.350 e. The number of amides is 1. The van der Waals surface area contributed by atoms with Crippen molar-refractivity contribution in [3.8, 4) is 17.0 Å². The maximum Gasteiger partial charge on any atom is 0.350 e. The highest BCUT2D eigenvalue weighted by Crippen LogP contribution is 2.31. The quantitative estimate of drug-likeness (QED) is 0.601. The number of hydrogen-bond acceptors (Lipinski definition) is 8. The lowest BCUT2D eigenvalue weighted by Crippen LogP contribution is -2.11. The summed E-state index contributed by atoms with van der Waals surface area (Å²) in [6.07, 6.45) is 0. The molecule has 2 aromatic heterocycles. The molecule has 0 aliphatic rings. The molecular weight excluding hydrogens is 398 g/mol. The Kier molecular flexibility index (Phi) is 6.05. The van der Waals surface area contributed by atoms with Gasteiger partial charge in [-0.15, -0.1) is 11.3 Å². The molecule has 0 fully saturated rings. The van der Waals surface area contributed by atoms with E-state index in [1.54, 1.807) is 21.0 Å². The molecule has 1 aromatic carbocycles. The molecule has 28 heavy (non-hydrogen) atoms. The number of carbonyl (C=O) groups is 2. The lowest BCUT2D eigenvalue weighted by Gasteiger charge is -2.04. The summed E-state index contributed by atoms with van der Waals surface area (Å²) in [5, 5.41) is 3.89. The third-order valence-corrected chi connectivity index (χ3v) is 5.80. The van der Waals surface area contributed by atoms with Gasteiger partial charge in [-0.1, -0.05) is 11.3 Å². The number of nitrogens with one attached hydrogen (secondary N) is 1. The maximum atomic E-state index is 12.8. The van der Waals surface area contributed by atoms with E-state index in [0.717, 1.165) is 27.7 Å². The Hall–Kier alpha value is -2.78. The SMILES string of the molecule is CCOC(=O)c1sc(NC(=O)c2sc(C)nc2-c2ccc(OC)cc2)nc1C. The fraction of sp³-hybridized carbons (Fsp3) is 0.263. The molecule has 0 aliphatic heterocycles. The molecule has 0 radical (unpaired) electrons. The molecule has 2 heterocycles. The summed E-state index contributed by atoms with van der Waals surface area (Å²) < 4.78 is 10.2. The maximum absolute atomic E-state index is 12.8. The Labute approximate surface area is 170 Å². The molecule has 7 nitrogen and oxygen atoms in total. The van der Waals surface area contributed by atoms with Gasteiger partial charge in [-0.2, -0.15) is 0 Å². The van der Waals surface area contributed by atoms with E-state index < -0.39 is 5.97 Å². The van der Waals surface area contributed by atoms with E-state index in [-0.39, 0.29) is 12.5 Å². The van der Waals surface area contributed by atoms with Crippen molar-refractivity contribution in [1.82, 2.24) is 9.97 Å². The van der Waals surface area contributed by atoms with Gasteiger partial charge in [-0.05, 0) is 45.0 Å². The topological polar surface area (TPSA) is 90.4 Å². The van der Waals surface area contributed by atoms with E-state index in [1.807, 2.05) is 31.2 Å². The molecular formula is C19H19N3O4S2. The molecule has 0 unspecified atom stereocenters. The third kappa shape index (κ3) is 4.20. The van der Waals surface area contributed by atoms with Crippen molar-refractivity contribution in [3.05, 3.63) is 44.7 Å². The largest absolute Gasteiger partial charge is 0.497 e. The van der Waals surface area contributed by atoms with Crippen LogP contribution in [-0.4, -0.2) is 35.6 Å². The average Bonchev–Trinajstić information content (AvgIpc) is 3.24. The van der Waals surface area contributed by atoms with E-state index >= 15 is 0 Å². The first-order valence-corrected chi connectivity index (χ1v) is 10.1. The normalized spacial score (nSPS) is 10.6. The molecule has 3 rings (SSSR count). The predicted octanol–water partition coefficient (Wildman–Crippen LogP) is 4.32. The van der Waals surface area contributed by atoms with Crippen LogP contribution >= 0.6 is 22.7 Å². The Morgan fingerprint density at radius 2 is 1.79 bits per heavy atom. The second-order valence-corrected chi connectivity index (χ2v) is 7.95. The van der Waals surface area contributed by atoms with E-state index in [1.165, 1.54) is 11.3 Å². The van der Waals surface area contributed by atoms with Crippen molar-refractivity contribution in [1.29, 1.82) is 0 Å². The van der Waals surface area contributed by atoms with Crippen molar-refractivity contribution in [2.24, 2.45) is 0 Å². The number of aryl methyl sites for hydroxylation is 2. The van der Waals surface area contributed by atoms with Crippen molar-refractivity contribution in [3.63, 3.8) is 0 Å². The number of ether oxygens (including phenoxy) is 2. The fourth-order valence-electron chi connectivity index (χ4n) is 2.52. The van der Waals surface area contributed by atoms with Crippen molar-refractivity contribution in [2.45, 2.75) is 20.8 Å². The minimum Gasteiger partial charge on any atom is -0.497 e. The summed E-state index contributed by atoms with van der Waals surface area (Å²) in [5.74, 6) is -0.0300. The van der Waals surface area contributed by atoms with Crippen LogP contribution in [0.25, 0.3) is 11.3 Å². The van der Waals surface area contributed by atoms with E-state index in [9.17, 15) is 9.59 Å². The number of benzene rings is 1. The van der Waals surface area contributed by atoms with Crippen molar-refractivity contribution in [2.75, 3.05) is 19.0 Å². The van der Waals surface area contributed by atoms with Gasteiger partial charge in [0.25, 0.3) is 5.91 Å². The van der Waals surface area contributed by atoms with Crippen molar-refractivity contribution >= 4 is 39.7 Å². The van der Waals surface area contributed by atoms with Gasteiger partial charge >= 0.3 is 5.97 Å².